The summed E-state index contributed by atoms with van der Waals surface area (Å²) in [5.74, 6) is 0. The van der Waals surface area contributed by atoms with Gasteiger partial charge in [0.05, 0.1) is 12.9 Å². The minimum atomic E-state index is 0.0974. The standard InChI is InChI=1S/C10H20O2/c1-2-3-4-5-6-7-9-12-10-8-11/h7,9,11H,2-6,8,10H2,1H3. The second-order valence-electron chi connectivity index (χ2n) is 2.82. The third-order valence-corrected chi connectivity index (χ3v) is 1.63. The van der Waals surface area contributed by atoms with Gasteiger partial charge in [-0.3, -0.25) is 0 Å². The summed E-state index contributed by atoms with van der Waals surface area (Å²) in [6, 6.07) is 0. The molecule has 2 heteroatoms. The van der Waals surface area contributed by atoms with Gasteiger partial charge in [-0.15, -0.1) is 0 Å². The van der Waals surface area contributed by atoms with Gasteiger partial charge in [0.15, 0.2) is 0 Å². The second kappa shape index (κ2) is 10.5. The van der Waals surface area contributed by atoms with Crippen LogP contribution in [0.1, 0.15) is 39.0 Å². The van der Waals surface area contributed by atoms with Crippen LogP contribution in [0.5, 0.6) is 0 Å². The summed E-state index contributed by atoms with van der Waals surface area (Å²) in [5.41, 5.74) is 0. The maximum atomic E-state index is 8.38. The first-order chi connectivity index (χ1) is 5.91. The molecule has 0 unspecified atom stereocenters. The van der Waals surface area contributed by atoms with E-state index in [1.54, 1.807) is 6.26 Å². The Bertz CT molecular complexity index is 100. The van der Waals surface area contributed by atoms with E-state index >= 15 is 0 Å². The fourth-order valence-corrected chi connectivity index (χ4v) is 0.946. The van der Waals surface area contributed by atoms with E-state index in [1.807, 2.05) is 6.08 Å². The number of aliphatic hydroxyl groups is 1. The van der Waals surface area contributed by atoms with Crippen molar-refractivity contribution in [2.24, 2.45) is 0 Å². The highest BCUT2D eigenvalue weighted by molar-refractivity contribution is 4.72. The van der Waals surface area contributed by atoms with Crippen LogP contribution in [0.25, 0.3) is 0 Å². The first-order valence-electron chi connectivity index (χ1n) is 4.79. The molecule has 0 saturated heterocycles. The van der Waals surface area contributed by atoms with Crippen molar-refractivity contribution >= 4 is 0 Å². The Morgan fingerprint density at radius 1 is 1.25 bits per heavy atom. The van der Waals surface area contributed by atoms with E-state index in [0.29, 0.717) is 6.61 Å². The Balaban J connectivity index is 2.92. The predicted molar refractivity (Wildman–Crippen MR) is 50.9 cm³/mol. The molecule has 0 aromatic carbocycles. The van der Waals surface area contributed by atoms with Crippen LogP contribution in [0.2, 0.25) is 0 Å². The van der Waals surface area contributed by atoms with E-state index in [4.69, 9.17) is 9.84 Å². The second-order valence-corrected chi connectivity index (χ2v) is 2.82. The van der Waals surface area contributed by atoms with Gasteiger partial charge in [0.25, 0.3) is 0 Å². The largest absolute Gasteiger partial charge is 0.499 e. The van der Waals surface area contributed by atoms with E-state index in [2.05, 4.69) is 6.92 Å². The van der Waals surface area contributed by atoms with E-state index in [-0.39, 0.29) is 6.61 Å². The zero-order chi connectivity index (χ0) is 9.07. The van der Waals surface area contributed by atoms with Crippen LogP contribution in [-0.2, 0) is 4.74 Å². The lowest BCUT2D eigenvalue weighted by Gasteiger charge is -1.96. The van der Waals surface area contributed by atoms with Crippen LogP contribution in [0.15, 0.2) is 12.3 Å². The highest BCUT2D eigenvalue weighted by Gasteiger charge is 1.84. The lowest BCUT2D eigenvalue weighted by molar-refractivity contribution is 0.165. The van der Waals surface area contributed by atoms with E-state index in [1.165, 1.54) is 25.7 Å². The third-order valence-electron chi connectivity index (χ3n) is 1.63. The van der Waals surface area contributed by atoms with Crippen LogP contribution < -0.4 is 0 Å². The number of rotatable bonds is 8. The van der Waals surface area contributed by atoms with E-state index in [9.17, 15) is 0 Å². The number of hydrogen-bond donors (Lipinski definition) is 1. The van der Waals surface area contributed by atoms with Crippen molar-refractivity contribution < 1.29 is 9.84 Å². The molecular weight excluding hydrogens is 152 g/mol. The Labute approximate surface area is 75.2 Å². The molecule has 2 nitrogen and oxygen atoms in total. The molecule has 0 aliphatic carbocycles. The molecule has 0 fully saturated rings. The van der Waals surface area contributed by atoms with Crippen LogP contribution in [-0.4, -0.2) is 18.3 Å². The van der Waals surface area contributed by atoms with Crippen LogP contribution in [0.4, 0.5) is 0 Å². The van der Waals surface area contributed by atoms with Crippen molar-refractivity contribution in [3.63, 3.8) is 0 Å². The van der Waals surface area contributed by atoms with Crippen LogP contribution in [0.3, 0.4) is 0 Å². The van der Waals surface area contributed by atoms with Gasteiger partial charge in [-0.25, -0.2) is 0 Å². The molecule has 0 aliphatic heterocycles. The molecule has 0 atom stereocenters. The summed E-state index contributed by atoms with van der Waals surface area (Å²) < 4.78 is 4.96. The molecule has 12 heavy (non-hydrogen) atoms. The summed E-state index contributed by atoms with van der Waals surface area (Å²) >= 11 is 0. The molecule has 0 amide bonds. The van der Waals surface area contributed by atoms with Crippen molar-refractivity contribution in [3.8, 4) is 0 Å². The number of aliphatic hydroxyl groups excluding tert-OH is 1. The highest BCUT2D eigenvalue weighted by Crippen LogP contribution is 2.02. The van der Waals surface area contributed by atoms with Crippen molar-refractivity contribution in [1.29, 1.82) is 0 Å². The average molecular weight is 172 g/mol. The molecule has 0 saturated carbocycles. The maximum Gasteiger partial charge on any atom is 0.110 e. The monoisotopic (exact) mass is 172 g/mol. The smallest absolute Gasteiger partial charge is 0.110 e. The van der Waals surface area contributed by atoms with Gasteiger partial charge in [0.1, 0.15) is 6.61 Å². The first kappa shape index (κ1) is 11.5. The Kier molecular flexibility index (Phi) is 10.1. The molecule has 0 bridgehead atoms. The molecule has 0 radical (unpaired) electrons. The van der Waals surface area contributed by atoms with Gasteiger partial charge in [0.2, 0.25) is 0 Å². The lowest BCUT2D eigenvalue weighted by atomic mass is 10.1. The molecule has 1 N–H and O–H groups in total. The Hall–Kier alpha value is -0.500. The number of unbranched alkanes of at least 4 members (excludes halogenated alkanes) is 4. The van der Waals surface area contributed by atoms with E-state index in [0.717, 1.165) is 6.42 Å². The average Bonchev–Trinajstić information content (AvgIpc) is 2.10. The minimum absolute atomic E-state index is 0.0974. The summed E-state index contributed by atoms with van der Waals surface area (Å²) in [5, 5.41) is 8.38. The molecule has 0 heterocycles. The fourth-order valence-electron chi connectivity index (χ4n) is 0.946. The van der Waals surface area contributed by atoms with Gasteiger partial charge in [-0.1, -0.05) is 26.2 Å². The van der Waals surface area contributed by atoms with Gasteiger partial charge >= 0.3 is 0 Å². The third kappa shape index (κ3) is 9.50. The molecule has 0 aromatic rings. The maximum absolute atomic E-state index is 8.38. The van der Waals surface area contributed by atoms with Gasteiger partial charge in [0, 0.05) is 0 Å². The van der Waals surface area contributed by atoms with Crippen molar-refractivity contribution in [3.05, 3.63) is 12.3 Å². The number of ether oxygens (including phenoxy) is 1. The zero-order valence-electron chi connectivity index (χ0n) is 7.96. The molecular formula is C10H20O2. The molecule has 0 spiro atoms. The van der Waals surface area contributed by atoms with Crippen molar-refractivity contribution in [2.45, 2.75) is 39.0 Å². The topological polar surface area (TPSA) is 29.5 Å². The predicted octanol–water partition coefficient (Wildman–Crippen LogP) is 2.48. The molecule has 0 aromatic heterocycles. The van der Waals surface area contributed by atoms with E-state index < -0.39 is 0 Å². The Morgan fingerprint density at radius 3 is 2.75 bits per heavy atom. The summed E-state index contributed by atoms with van der Waals surface area (Å²) in [7, 11) is 0. The summed E-state index contributed by atoms with van der Waals surface area (Å²) in [6.45, 7) is 2.71. The summed E-state index contributed by atoms with van der Waals surface area (Å²) in [6.07, 6.45) is 9.95. The van der Waals surface area contributed by atoms with Gasteiger partial charge in [-0.2, -0.15) is 0 Å². The first-order valence-corrected chi connectivity index (χ1v) is 4.79. The summed E-state index contributed by atoms with van der Waals surface area (Å²) in [4.78, 5) is 0. The number of hydrogen-bond acceptors (Lipinski definition) is 2. The zero-order valence-corrected chi connectivity index (χ0v) is 7.96. The SMILES string of the molecule is CCCCCCC=COCCO. The van der Waals surface area contributed by atoms with Crippen molar-refractivity contribution in [2.75, 3.05) is 13.2 Å². The minimum Gasteiger partial charge on any atom is -0.499 e. The highest BCUT2D eigenvalue weighted by atomic mass is 16.5. The molecule has 72 valence electrons. The Morgan fingerprint density at radius 2 is 2.08 bits per heavy atom. The molecule has 0 rings (SSSR count). The number of allylic oxidation sites excluding steroid dienone is 1. The quantitative estimate of drug-likeness (QED) is 0.450. The van der Waals surface area contributed by atoms with Gasteiger partial charge < -0.3 is 9.84 Å². The van der Waals surface area contributed by atoms with Gasteiger partial charge in [-0.05, 0) is 18.9 Å². The molecule has 0 aliphatic rings. The van der Waals surface area contributed by atoms with Crippen molar-refractivity contribution in [1.82, 2.24) is 0 Å². The fraction of sp³-hybridized carbons (Fsp3) is 0.800. The lowest BCUT2D eigenvalue weighted by Crippen LogP contribution is -1.91. The van der Waals surface area contributed by atoms with Crippen LogP contribution >= 0.6 is 0 Å². The van der Waals surface area contributed by atoms with Crippen LogP contribution in [0, 0.1) is 0 Å². The normalized spacial score (nSPS) is 10.8.